The van der Waals surface area contributed by atoms with Crippen LogP contribution in [0.15, 0.2) is 27.6 Å². The number of hydrogen-bond acceptors (Lipinski definition) is 6. The van der Waals surface area contributed by atoms with E-state index in [0.29, 0.717) is 12.2 Å². The van der Waals surface area contributed by atoms with Gasteiger partial charge in [-0.1, -0.05) is 5.16 Å². The van der Waals surface area contributed by atoms with Gasteiger partial charge in [0.2, 0.25) is 10.0 Å². The molecule has 2 aromatic rings. The minimum Gasteiger partial charge on any atom is -0.334 e. The molecule has 7 nitrogen and oxygen atoms in total. The second-order valence-electron chi connectivity index (χ2n) is 5.83. The Bertz CT molecular complexity index is 805. The van der Waals surface area contributed by atoms with Gasteiger partial charge < -0.3 is 9.84 Å². The van der Waals surface area contributed by atoms with Gasteiger partial charge in [0.15, 0.2) is 5.82 Å². The van der Waals surface area contributed by atoms with Gasteiger partial charge in [-0.2, -0.15) is 4.98 Å². The van der Waals surface area contributed by atoms with E-state index in [9.17, 15) is 12.8 Å². The highest BCUT2D eigenvalue weighted by Crippen LogP contribution is 2.24. The lowest BCUT2D eigenvalue weighted by Crippen LogP contribution is -2.30. The molecule has 24 heavy (non-hydrogen) atoms. The fourth-order valence-electron chi connectivity index (χ4n) is 2.04. The maximum atomic E-state index is 14.1. The predicted octanol–water partition coefficient (Wildman–Crippen LogP) is 1.71. The quantitative estimate of drug-likeness (QED) is 0.784. The van der Waals surface area contributed by atoms with Gasteiger partial charge in [0.05, 0.1) is 10.5 Å². The first-order valence-electron chi connectivity index (χ1n) is 7.55. The maximum absolute atomic E-state index is 14.1. The van der Waals surface area contributed by atoms with E-state index in [1.807, 2.05) is 6.92 Å². The minimum absolute atomic E-state index is 0.0440. The Hall–Kier alpha value is -1.84. The molecule has 0 aliphatic rings. The van der Waals surface area contributed by atoms with Gasteiger partial charge in [0.1, 0.15) is 5.82 Å². The van der Waals surface area contributed by atoms with Crippen molar-refractivity contribution in [3.05, 3.63) is 29.8 Å². The number of likely N-dealkylation sites (N-methyl/N-ethyl adjacent to an activating group) is 1. The summed E-state index contributed by atoms with van der Waals surface area (Å²) in [6.07, 6.45) is 0.508. The number of benzene rings is 1. The Morgan fingerprint density at radius 2 is 2.00 bits per heavy atom. The van der Waals surface area contributed by atoms with Crippen LogP contribution in [-0.2, 0) is 16.4 Å². The van der Waals surface area contributed by atoms with Crippen LogP contribution in [-0.4, -0.2) is 37.7 Å². The highest BCUT2D eigenvalue weighted by molar-refractivity contribution is 7.89. The van der Waals surface area contributed by atoms with Crippen molar-refractivity contribution < 1.29 is 17.3 Å². The SMILES string of the molecule is CNC(C)Cc1noc(-c2cc(S(=O)(=O)NC(C)C)ccc2F)n1. The van der Waals surface area contributed by atoms with Crippen LogP contribution < -0.4 is 10.0 Å². The Labute approximate surface area is 140 Å². The summed E-state index contributed by atoms with van der Waals surface area (Å²) in [4.78, 5) is 4.08. The number of nitrogens with one attached hydrogen (secondary N) is 2. The van der Waals surface area contributed by atoms with Crippen LogP contribution in [0, 0.1) is 5.82 Å². The summed E-state index contributed by atoms with van der Waals surface area (Å²) in [7, 11) is -1.93. The van der Waals surface area contributed by atoms with E-state index in [0.717, 1.165) is 6.07 Å². The van der Waals surface area contributed by atoms with Crippen molar-refractivity contribution in [1.82, 2.24) is 20.2 Å². The summed E-state index contributed by atoms with van der Waals surface area (Å²) >= 11 is 0. The molecule has 9 heteroatoms. The number of nitrogens with zero attached hydrogens (tertiary/aromatic N) is 2. The first kappa shape index (κ1) is 18.5. The highest BCUT2D eigenvalue weighted by atomic mass is 32.2. The molecule has 1 heterocycles. The first-order chi connectivity index (χ1) is 11.2. The zero-order valence-corrected chi connectivity index (χ0v) is 14.8. The Balaban J connectivity index is 2.36. The molecular formula is C15H21FN4O3S. The van der Waals surface area contributed by atoms with Gasteiger partial charge in [-0.3, -0.25) is 0 Å². The summed E-state index contributed by atoms with van der Waals surface area (Å²) in [5, 5.41) is 6.84. The number of hydrogen-bond donors (Lipinski definition) is 2. The van der Waals surface area contributed by atoms with E-state index in [-0.39, 0.29) is 28.4 Å². The molecule has 0 aliphatic heterocycles. The van der Waals surface area contributed by atoms with Gasteiger partial charge in [-0.25, -0.2) is 17.5 Å². The number of halogens is 1. The van der Waals surface area contributed by atoms with Gasteiger partial charge in [-0.15, -0.1) is 0 Å². The third-order valence-electron chi connectivity index (χ3n) is 3.32. The Morgan fingerprint density at radius 3 is 2.62 bits per heavy atom. The van der Waals surface area contributed by atoms with E-state index in [1.165, 1.54) is 12.1 Å². The smallest absolute Gasteiger partial charge is 0.260 e. The van der Waals surface area contributed by atoms with Crippen molar-refractivity contribution >= 4 is 10.0 Å². The molecular weight excluding hydrogens is 335 g/mol. The molecule has 1 unspecified atom stereocenters. The summed E-state index contributed by atoms with van der Waals surface area (Å²) in [5.74, 6) is -0.262. The molecule has 1 atom stereocenters. The maximum Gasteiger partial charge on any atom is 0.260 e. The van der Waals surface area contributed by atoms with Crippen LogP contribution in [0.4, 0.5) is 4.39 Å². The molecule has 1 aromatic carbocycles. The van der Waals surface area contributed by atoms with Crippen LogP contribution in [0.3, 0.4) is 0 Å². The van der Waals surface area contributed by atoms with E-state index in [4.69, 9.17) is 4.52 Å². The van der Waals surface area contributed by atoms with Gasteiger partial charge in [0, 0.05) is 18.5 Å². The van der Waals surface area contributed by atoms with Crippen molar-refractivity contribution in [3.8, 4) is 11.5 Å². The summed E-state index contributed by atoms with van der Waals surface area (Å²) in [6.45, 7) is 5.35. The third kappa shape index (κ3) is 4.37. The van der Waals surface area contributed by atoms with Crippen molar-refractivity contribution in [2.75, 3.05) is 7.05 Å². The fourth-order valence-corrected chi connectivity index (χ4v) is 3.31. The summed E-state index contributed by atoms with van der Waals surface area (Å²) < 4.78 is 46.1. The van der Waals surface area contributed by atoms with Crippen LogP contribution in [0.5, 0.6) is 0 Å². The largest absolute Gasteiger partial charge is 0.334 e. The average molecular weight is 356 g/mol. The zero-order chi connectivity index (χ0) is 17.9. The molecule has 1 aromatic heterocycles. The molecule has 0 aliphatic carbocycles. The van der Waals surface area contributed by atoms with Crippen LogP contribution in [0.25, 0.3) is 11.5 Å². The molecule has 0 saturated heterocycles. The lowest BCUT2D eigenvalue weighted by Gasteiger charge is -2.10. The van der Waals surface area contributed by atoms with E-state index in [1.54, 1.807) is 20.9 Å². The molecule has 0 saturated carbocycles. The average Bonchev–Trinajstić information content (AvgIpc) is 2.94. The lowest BCUT2D eigenvalue weighted by atomic mass is 10.2. The van der Waals surface area contributed by atoms with E-state index < -0.39 is 15.8 Å². The first-order valence-corrected chi connectivity index (χ1v) is 9.03. The van der Waals surface area contributed by atoms with Crippen LogP contribution in [0.1, 0.15) is 26.6 Å². The molecule has 0 amide bonds. The second kappa shape index (κ2) is 7.37. The lowest BCUT2D eigenvalue weighted by molar-refractivity contribution is 0.416. The third-order valence-corrected chi connectivity index (χ3v) is 4.98. The Kier molecular flexibility index (Phi) is 5.68. The number of sulfonamides is 1. The van der Waals surface area contributed by atoms with Crippen molar-refractivity contribution in [2.24, 2.45) is 0 Å². The molecule has 0 spiro atoms. The normalized spacial score (nSPS) is 13.4. The molecule has 132 valence electrons. The summed E-state index contributed by atoms with van der Waals surface area (Å²) in [5.41, 5.74) is -0.0440. The molecule has 2 rings (SSSR count). The Morgan fingerprint density at radius 1 is 1.29 bits per heavy atom. The number of aromatic nitrogens is 2. The van der Waals surface area contributed by atoms with Gasteiger partial charge >= 0.3 is 0 Å². The van der Waals surface area contributed by atoms with E-state index >= 15 is 0 Å². The minimum atomic E-state index is -3.74. The van der Waals surface area contributed by atoms with Gasteiger partial charge in [0.25, 0.3) is 5.89 Å². The zero-order valence-electron chi connectivity index (χ0n) is 14.0. The standard InChI is InChI=1S/C15H21FN4O3S/c1-9(2)20-24(21,22)11-5-6-13(16)12(8-11)15-18-14(19-23-15)7-10(3)17-4/h5-6,8-10,17,20H,7H2,1-4H3. The number of rotatable bonds is 7. The molecule has 2 N–H and O–H groups in total. The van der Waals surface area contributed by atoms with Crippen molar-refractivity contribution in [2.45, 2.75) is 44.2 Å². The monoisotopic (exact) mass is 356 g/mol. The fraction of sp³-hybridized carbons (Fsp3) is 0.467. The van der Waals surface area contributed by atoms with Crippen LogP contribution >= 0.6 is 0 Å². The van der Waals surface area contributed by atoms with Crippen molar-refractivity contribution in [1.29, 1.82) is 0 Å². The summed E-state index contributed by atoms with van der Waals surface area (Å²) in [6, 6.07) is 3.32. The second-order valence-corrected chi connectivity index (χ2v) is 7.54. The molecule has 0 bridgehead atoms. The highest BCUT2D eigenvalue weighted by Gasteiger charge is 2.21. The van der Waals surface area contributed by atoms with Gasteiger partial charge in [-0.05, 0) is 46.0 Å². The molecule has 0 fully saturated rings. The van der Waals surface area contributed by atoms with Crippen LogP contribution in [0.2, 0.25) is 0 Å². The predicted molar refractivity (Wildman–Crippen MR) is 87.4 cm³/mol. The van der Waals surface area contributed by atoms with Crippen molar-refractivity contribution in [3.63, 3.8) is 0 Å². The molecule has 0 radical (unpaired) electrons. The topological polar surface area (TPSA) is 97.1 Å². The van der Waals surface area contributed by atoms with E-state index in [2.05, 4.69) is 20.2 Å².